The number of hydrogen-bond donors (Lipinski definition) is 2. The van der Waals surface area contributed by atoms with Crippen LogP contribution in [-0.2, 0) is 10.3 Å². The zero-order valence-electron chi connectivity index (χ0n) is 21.5. The molecule has 2 aromatic rings. The van der Waals surface area contributed by atoms with Crippen LogP contribution in [0.2, 0.25) is 0 Å². The molecular weight excluding hydrogens is 479 g/mol. The molecule has 0 aromatic carbocycles. The highest BCUT2D eigenvalue weighted by Gasteiger charge is 2.50. The SMILES string of the molecule is C/C=C1\C(=NC(C)/C(SN)=C(/N)c2ccc(F)cn2)N2CCOCC2(CC)c2nnc(C)n21.C=CC. The molecule has 194 valence electrons. The van der Waals surface area contributed by atoms with Crippen LogP contribution >= 0.6 is 11.9 Å². The molecule has 0 radical (unpaired) electrons. The normalized spacial score (nSPS) is 22.8. The fraction of sp³-hybridized carbons (Fsp3) is 0.440. The zero-order chi connectivity index (χ0) is 26.5. The van der Waals surface area contributed by atoms with E-state index in [1.165, 1.54) is 12.1 Å². The summed E-state index contributed by atoms with van der Waals surface area (Å²) in [5, 5.41) is 14.9. The fourth-order valence-corrected chi connectivity index (χ4v) is 4.99. The summed E-state index contributed by atoms with van der Waals surface area (Å²) in [5.74, 6) is 2.04. The molecule has 4 N–H and O–H groups in total. The molecule has 2 unspecified atom stereocenters. The van der Waals surface area contributed by atoms with E-state index in [1.807, 2.05) is 33.8 Å². The second kappa shape index (κ2) is 11.8. The maximum Gasteiger partial charge on any atom is 0.166 e. The Kier molecular flexibility index (Phi) is 9.04. The van der Waals surface area contributed by atoms with Crippen LogP contribution in [0.15, 0.2) is 47.0 Å². The molecule has 1 saturated heterocycles. The van der Waals surface area contributed by atoms with Gasteiger partial charge in [0.15, 0.2) is 5.82 Å². The van der Waals surface area contributed by atoms with Gasteiger partial charge in [-0.25, -0.2) is 4.39 Å². The van der Waals surface area contributed by atoms with Crippen LogP contribution in [0.1, 0.15) is 51.5 Å². The molecule has 36 heavy (non-hydrogen) atoms. The average Bonchev–Trinajstić information content (AvgIpc) is 3.27. The van der Waals surface area contributed by atoms with Crippen LogP contribution in [0.3, 0.4) is 0 Å². The van der Waals surface area contributed by atoms with Gasteiger partial charge in [0.2, 0.25) is 0 Å². The number of nitrogens with two attached hydrogens (primary N) is 2. The maximum absolute atomic E-state index is 13.3. The summed E-state index contributed by atoms with van der Waals surface area (Å²) >= 11 is 1.03. The van der Waals surface area contributed by atoms with E-state index in [0.717, 1.165) is 47.7 Å². The van der Waals surface area contributed by atoms with Crippen LogP contribution in [-0.4, -0.2) is 56.3 Å². The van der Waals surface area contributed by atoms with E-state index in [9.17, 15) is 4.39 Å². The number of amidine groups is 1. The summed E-state index contributed by atoms with van der Waals surface area (Å²) in [5.41, 5.74) is 7.67. The molecule has 0 saturated carbocycles. The molecule has 4 rings (SSSR count). The Labute approximate surface area is 216 Å². The molecule has 2 aromatic heterocycles. The molecule has 4 heterocycles. The lowest BCUT2D eigenvalue weighted by molar-refractivity contribution is -0.0462. The van der Waals surface area contributed by atoms with E-state index >= 15 is 0 Å². The number of pyridine rings is 1. The number of fused-ring (bicyclic) bond motifs is 3. The van der Waals surface area contributed by atoms with Gasteiger partial charge in [-0.3, -0.25) is 19.7 Å². The summed E-state index contributed by atoms with van der Waals surface area (Å²) in [6, 6.07) is 2.49. The number of hydrogen-bond acceptors (Lipinski definition) is 8. The molecule has 1 fully saturated rings. The Morgan fingerprint density at radius 1 is 1.39 bits per heavy atom. The first-order chi connectivity index (χ1) is 17.3. The third-order valence-corrected chi connectivity index (χ3v) is 7.05. The van der Waals surface area contributed by atoms with Crippen LogP contribution in [0.4, 0.5) is 4.39 Å². The minimum Gasteiger partial charge on any atom is -0.396 e. The predicted octanol–water partition coefficient (Wildman–Crippen LogP) is 3.85. The van der Waals surface area contributed by atoms with Gasteiger partial charge in [-0.2, -0.15) is 0 Å². The van der Waals surface area contributed by atoms with E-state index in [4.69, 9.17) is 20.6 Å². The number of aromatic nitrogens is 4. The van der Waals surface area contributed by atoms with Gasteiger partial charge in [0.1, 0.15) is 23.0 Å². The first-order valence-corrected chi connectivity index (χ1v) is 12.8. The van der Waals surface area contributed by atoms with Crippen LogP contribution in [0.25, 0.3) is 11.4 Å². The number of allylic oxidation sites excluding steroid dienone is 2. The Bertz CT molecular complexity index is 1170. The van der Waals surface area contributed by atoms with Crippen molar-refractivity contribution in [3.05, 3.63) is 65.1 Å². The average molecular weight is 515 g/mol. The molecule has 2 aliphatic heterocycles. The van der Waals surface area contributed by atoms with Crippen molar-refractivity contribution in [1.82, 2.24) is 24.6 Å². The first-order valence-electron chi connectivity index (χ1n) is 11.9. The highest BCUT2D eigenvalue weighted by atomic mass is 32.2. The van der Waals surface area contributed by atoms with Crippen molar-refractivity contribution in [2.75, 3.05) is 19.8 Å². The van der Waals surface area contributed by atoms with Crippen molar-refractivity contribution >= 4 is 29.2 Å². The second-order valence-corrected chi connectivity index (χ2v) is 9.14. The van der Waals surface area contributed by atoms with Gasteiger partial charge in [0.25, 0.3) is 0 Å². The fourth-order valence-electron chi connectivity index (χ4n) is 4.51. The van der Waals surface area contributed by atoms with Crippen LogP contribution in [0, 0.1) is 12.7 Å². The number of nitrogens with zero attached hydrogens (tertiary/aromatic N) is 6. The number of halogens is 1. The summed E-state index contributed by atoms with van der Waals surface area (Å²) in [7, 11) is 0. The largest absolute Gasteiger partial charge is 0.396 e. The molecule has 0 amide bonds. The summed E-state index contributed by atoms with van der Waals surface area (Å²) in [6.07, 6.45) is 5.69. The van der Waals surface area contributed by atoms with Crippen LogP contribution < -0.4 is 10.9 Å². The molecule has 0 aliphatic carbocycles. The topological polar surface area (TPSA) is 120 Å². The molecule has 11 heteroatoms. The molecule has 2 atom stereocenters. The highest BCUT2D eigenvalue weighted by molar-refractivity contribution is 8.01. The number of aryl methyl sites for hydroxylation is 1. The van der Waals surface area contributed by atoms with Gasteiger partial charge < -0.3 is 15.4 Å². The maximum atomic E-state index is 13.3. The van der Waals surface area contributed by atoms with Gasteiger partial charge in [-0.05, 0) is 58.2 Å². The molecule has 9 nitrogen and oxygen atoms in total. The van der Waals surface area contributed by atoms with E-state index in [1.54, 1.807) is 6.08 Å². The highest BCUT2D eigenvalue weighted by Crippen LogP contribution is 2.41. The lowest BCUT2D eigenvalue weighted by atomic mass is 9.89. The predicted molar refractivity (Wildman–Crippen MR) is 144 cm³/mol. The Morgan fingerprint density at radius 3 is 2.69 bits per heavy atom. The van der Waals surface area contributed by atoms with Gasteiger partial charge in [0.05, 0.1) is 42.5 Å². The van der Waals surface area contributed by atoms with E-state index < -0.39 is 11.4 Å². The van der Waals surface area contributed by atoms with Crippen molar-refractivity contribution in [3.63, 3.8) is 0 Å². The minimum absolute atomic E-state index is 0.368. The van der Waals surface area contributed by atoms with Crippen molar-refractivity contribution in [1.29, 1.82) is 0 Å². The smallest absolute Gasteiger partial charge is 0.166 e. The molecule has 0 spiro atoms. The number of ether oxygens (including phenoxy) is 1. The Hall–Kier alpha value is -3.02. The van der Waals surface area contributed by atoms with Gasteiger partial charge in [-0.15, -0.1) is 16.8 Å². The second-order valence-electron chi connectivity index (χ2n) is 8.46. The minimum atomic E-state index is -0.464. The third-order valence-electron chi connectivity index (χ3n) is 6.23. The van der Waals surface area contributed by atoms with Crippen LogP contribution in [0.5, 0.6) is 0 Å². The molecule has 2 aliphatic rings. The standard InChI is InChI=1S/C22H29FN8OS.C3H6/c1-5-17-20(27-13(3)19(33-25)18(24)16-8-7-15(23)11-26-16)30-9-10-32-12-22(30,6-2)21-29-28-14(4)31(17)21;1-3-2/h5,7-8,11,13H,6,9-10,12,24-25H2,1-4H3;3H,1H2,2H3/b17-5+,19-18-,27-20?;. The van der Waals surface area contributed by atoms with Crippen molar-refractivity contribution in [2.45, 2.75) is 52.6 Å². The molecule has 0 bridgehead atoms. The van der Waals surface area contributed by atoms with Gasteiger partial charge in [0, 0.05) is 11.4 Å². The van der Waals surface area contributed by atoms with Gasteiger partial charge in [-0.1, -0.05) is 19.1 Å². The van der Waals surface area contributed by atoms with E-state index in [2.05, 4.69) is 38.2 Å². The van der Waals surface area contributed by atoms with Gasteiger partial charge >= 0.3 is 0 Å². The van der Waals surface area contributed by atoms with Crippen molar-refractivity contribution in [3.8, 4) is 0 Å². The molecular formula is C25H35FN8OS. The zero-order valence-corrected chi connectivity index (χ0v) is 22.3. The Balaban J connectivity index is 0.00000115. The quantitative estimate of drug-likeness (QED) is 0.456. The lowest BCUT2D eigenvalue weighted by Gasteiger charge is -2.50. The summed E-state index contributed by atoms with van der Waals surface area (Å²) in [6.45, 7) is 15.0. The third kappa shape index (κ3) is 4.95. The number of morpholine rings is 1. The number of rotatable bonds is 5. The van der Waals surface area contributed by atoms with E-state index in [-0.39, 0.29) is 6.04 Å². The van der Waals surface area contributed by atoms with Crippen molar-refractivity contribution < 1.29 is 9.13 Å². The van der Waals surface area contributed by atoms with Crippen molar-refractivity contribution in [2.24, 2.45) is 15.9 Å². The summed E-state index contributed by atoms with van der Waals surface area (Å²) < 4.78 is 21.3. The Morgan fingerprint density at radius 2 is 2.11 bits per heavy atom. The van der Waals surface area contributed by atoms with E-state index in [0.29, 0.717) is 36.1 Å². The summed E-state index contributed by atoms with van der Waals surface area (Å²) in [4.78, 5) is 12.1. The number of aliphatic imine (C=N–C) groups is 1. The lowest BCUT2D eigenvalue weighted by Crippen LogP contribution is -2.61. The monoisotopic (exact) mass is 514 g/mol. The first kappa shape index (κ1) is 27.6.